The van der Waals surface area contributed by atoms with Gasteiger partial charge in [-0.1, -0.05) is 66.7 Å². The van der Waals surface area contributed by atoms with Crippen LogP contribution in [0.3, 0.4) is 0 Å². The first-order valence-corrected chi connectivity index (χ1v) is 11.2. The number of carbonyl (C=O) groups is 1. The standard InChI is InChI=1S/C28H27N3O/c32-28(29-16-18-31-17-15-21-7-1-2-9-24(21)20-31)23-11-5-12-25(19-23)30-27-14-6-10-22-8-3-4-13-26(22)27/h1-14,19,30H,15-18,20H2,(H,29,32). The third-order valence-corrected chi connectivity index (χ3v) is 6.12. The van der Waals surface area contributed by atoms with Crippen molar-refractivity contribution in [3.8, 4) is 0 Å². The van der Waals surface area contributed by atoms with Crippen molar-refractivity contribution in [2.24, 2.45) is 0 Å². The van der Waals surface area contributed by atoms with Crippen LogP contribution in [0.4, 0.5) is 11.4 Å². The molecule has 1 aliphatic heterocycles. The molecule has 0 radical (unpaired) electrons. The summed E-state index contributed by atoms with van der Waals surface area (Å²) in [4.78, 5) is 15.1. The van der Waals surface area contributed by atoms with E-state index < -0.39 is 0 Å². The smallest absolute Gasteiger partial charge is 0.251 e. The highest BCUT2D eigenvalue weighted by atomic mass is 16.1. The molecule has 1 amide bonds. The summed E-state index contributed by atoms with van der Waals surface area (Å²) in [5, 5.41) is 8.90. The van der Waals surface area contributed by atoms with Crippen molar-refractivity contribution in [2.45, 2.75) is 13.0 Å². The largest absolute Gasteiger partial charge is 0.355 e. The topological polar surface area (TPSA) is 44.4 Å². The lowest BCUT2D eigenvalue weighted by Crippen LogP contribution is -2.37. The summed E-state index contributed by atoms with van der Waals surface area (Å²) in [5.74, 6) is -0.0380. The van der Waals surface area contributed by atoms with Crippen LogP contribution in [0.5, 0.6) is 0 Å². The summed E-state index contributed by atoms with van der Waals surface area (Å²) in [7, 11) is 0. The molecule has 32 heavy (non-hydrogen) atoms. The van der Waals surface area contributed by atoms with Crippen LogP contribution in [-0.2, 0) is 13.0 Å². The van der Waals surface area contributed by atoms with E-state index in [9.17, 15) is 4.79 Å². The van der Waals surface area contributed by atoms with E-state index in [0.717, 1.165) is 42.8 Å². The van der Waals surface area contributed by atoms with Gasteiger partial charge in [-0.25, -0.2) is 0 Å². The highest BCUT2D eigenvalue weighted by Gasteiger charge is 2.15. The van der Waals surface area contributed by atoms with Crippen LogP contribution in [-0.4, -0.2) is 30.4 Å². The van der Waals surface area contributed by atoms with E-state index in [2.05, 4.69) is 64.1 Å². The van der Waals surface area contributed by atoms with Crippen molar-refractivity contribution in [3.05, 3.63) is 108 Å². The highest BCUT2D eigenvalue weighted by Crippen LogP contribution is 2.26. The van der Waals surface area contributed by atoms with Crippen molar-refractivity contribution < 1.29 is 4.79 Å². The lowest BCUT2D eigenvalue weighted by atomic mass is 10.00. The quantitative estimate of drug-likeness (QED) is 0.440. The Morgan fingerprint density at radius 2 is 1.62 bits per heavy atom. The summed E-state index contributed by atoms with van der Waals surface area (Å²) in [6, 6.07) is 30.8. The zero-order valence-corrected chi connectivity index (χ0v) is 18.1. The maximum Gasteiger partial charge on any atom is 0.251 e. The Labute approximate surface area is 188 Å². The van der Waals surface area contributed by atoms with Gasteiger partial charge >= 0.3 is 0 Å². The predicted molar refractivity (Wildman–Crippen MR) is 131 cm³/mol. The van der Waals surface area contributed by atoms with Gasteiger partial charge in [0.1, 0.15) is 0 Å². The second-order valence-electron chi connectivity index (χ2n) is 8.28. The van der Waals surface area contributed by atoms with Gasteiger partial charge in [-0.2, -0.15) is 0 Å². The molecule has 0 spiro atoms. The average Bonchev–Trinajstić information content (AvgIpc) is 2.84. The van der Waals surface area contributed by atoms with Crippen molar-refractivity contribution in [2.75, 3.05) is 25.0 Å². The maximum atomic E-state index is 12.7. The minimum Gasteiger partial charge on any atom is -0.355 e. The molecule has 0 saturated carbocycles. The van der Waals surface area contributed by atoms with E-state index in [1.165, 1.54) is 16.5 Å². The van der Waals surface area contributed by atoms with Crippen molar-refractivity contribution in [1.82, 2.24) is 10.2 Å². The van der Waals surface area contributed by atoms with Gasteiger partial charge in [0.2, 0.25) is 0 Å². The lowest BCUT2D eigenvalue weighted by Gasteiger charge is -2.28. The molecule has 4 aromatic rings. The molecule has 160 valence electrons. The van der Waals surface area contributed by atoms with E-state index in [1.807, 2.05) is 42.5 Å². The van der Waals surface area contributed by atoms with Crippen LogP contribution in [0.2, 0.25) is 0 Å². The van der Waals surface area contributed by atoms with Gasteiger partial charge < -0.3 is 10.6 Å². The van der Waals surface area contributed by atoms with Gasteiger partial charge in [0.25, 0.3) is 5.91 Å². The minimum atomic E-state index is -0.0380. The number of rotatable bonds is 6. The third kappa shape index (κ3) is 4.51. The van der Waals surface area contributed by atoms with Crippen LogP contribution in [0.15, 0.2) is 91.0 Å². The molecule has 1 heterocycles. The van der Waals surface area contributed by atoms with Crippen molar-refractivity contribution in [1.29, 1.82) is 0 Å². The Morgan fingerprint density at radius 1 is 0.844 bits per heavy atom. The predicted octanol–water partition coefficient (Wildman–Crippen LogP) is 5.37. The fourth-order valence-corrected chi connectivity index (χ4v) is 4.40. The van der Waals surface area contributed by atoms with Crippen LogP contribution < -0.4 is 10.6 Å². The second kappa shape index (κ2) is 9.25. The Hall–Kier alpha value is -3.63. The molecule has 4 nitrogen and oxygen atoms in total. The SMILES string of the molecule is O=C(NCCN1CCc2ccccc2C1)c1cccc(Nc2cccc3ccccc23)c1. The first-order valence-electron chi connectivity index (χ1n) is 11.2. The zero-order chi connectivity index (χ0) is 21.8. The van der Waals surface area contributed by atoms with E-state index in [4.69, 9.17) is 0 Å². The molecule has 0 aromatic heterocycles. The average molecular weight is 422 g/mol. The van der Waals surface area contributed by atoms with Gasteiger partial charge in [0.15, 0.2) is 0 Å². The maximum absolute atomic E-state index is 12.7. The second-order valence-corrected chi connectivity index (χ2v) is 8.28. The van der Waals surface area contributed by atoms with Crippen LogP contribution in [0.1, 0.15) is 21.5 Å². The Morgan fingerprint density at radius 3 is 2.56 bits per heavy atom. The molecule has 0 aliphatic carbocycles. The van der Waals surface area contributed by atoms with Gasteiger partial charge in [-0.3, -0.25) is 9.69 Å². The summed E-state index contributed by atoms with van der Waals surface area (Å²) in [5.41, 5.74) is 5.45. The molecular formula is C28H27N3O. The Balaban J connectivity index is 1.19. The van der Waals surface area contributed by atoms with E-state index in [1.54, 1.807) is 0 Å². The van der Waals surface area contributed by atoms with Crippen LogP contribution in [0, 0.1) is 0 Å². The summed E-state index contributed by atoms with van der Waals surface area (Å²) in [6.07, 6.45) is 1.08. The third-order valence-electron chi connectivity index (χ3n) is 6.12. The number of anilines is 2. The Bertz CT molecular complexity index is 1240. The number of hydrogen-bond acceptors (Lipinski definition) is 3. The van der Waals surface area contributed by atoms with Gasteiger partial charge in [0.05, 0.1) is 0 Å². The molecule has 4 heteroatoms. The number of carbonyl (C=O) groups excluding carboxylic acids is 1. The normalized spacial score (nSPS) is 13.5. The molecule has 2 N–H and O–H groups in total. The number of nitrogens with one attached hydrogen (secondary N) is 2. The number of hydrogen-bond donors (Lipinski definition) is 2. The van der Waals surface area contributed by atoms with Crippen LogP contribution >= 0.6 is 0 Å². The monoisotopic (exact) mass is 421 g/mol. The molecule has 5 rings (SSSR count). The molecule has 1 aliphatic rings. The molecule has 0 atom stereocenters. The molecule has 0 saturated heterocycles. The molecule has 4 aromatic carbocycles. The summed E-state index contributed by atoms with van der Waals surface area (Å²) >= 11 is 0. The number of benzene rings is 4. The first kappa shape index (κ1) is 20.3. The highest BCUT2D eigenvalue weighted by molar-refractivity contribution is 5.97. The van der Waals surface area contributed by atoms with E-state index in [-0.39, 0.29) is 5.91 Å². The summed E-state index contributed by atoms with van der Waals surface area (Å²) in [6.45, 7) is 3.49. The van der Waals surface area contributed by atoms with E-state index >= 15 is 0 Å². The fourth-order valence-electron chi connectivity index (χ4n) is 4.40. The number of amides is 1. The van der Waals surface area contributed by atoms with E-state index in [0.29, 0.717) is 12.1 Å². The number of fused-ring (bicyclic) bond motifs is 2. The first-order chi connectivity index (χ1) is 15.8. The van der Waals surface area contributed by atoms with Crippen molar-refractivity contribution >= 4 is 28.1 Å². The zero-order valence-electron chi connectivity index (χ0n) is 18.1. The van der Waals surface area contributed by atoms with Gasteiger partial charge in [-0.15, -0.1) is 0 Å². The van der Waals surface area contributed by atoms with Gasteiger partial charge in [-0.05, 0) is 47.2 Å². The minimum absolute atomic E-state index is 0.0380. The lowest BCUT2D eigenvalue weighted by molar-refractivity contribution is 0.0947. The van der Waals surface area contributed by atoms with Crippen molar-refractivity contribution in [3.63, 3.8) is 0 Å². The van der Waals surface area contributed by atoms with Gasteiger partial charge in [0, 0.05) is 48.5 Å². The molecule has 0 bridgehead atoms. The summed E-state index contributed by atoms with van der Waals surface area (Å²) < 4.78 is 0. The molecule has 0 fully saturated rings. The fraction of sp³-hybridized carbons (Fsp3) is 0.179. The number of nitrogens with zero attached hydrogens (tertiary/aromatic N) is 1. The molecule has 0 unspecified atom stereocenters. The van der Waals surface area contributed by atoms with Crippen LogP contribution in [0.25, 0.3) is 10.8 Å². The molecular weight excluding hydrogens is 394 g/mol. The Kier molecular flexibility index (Phi) is 5.86.